The Morgan fingerprint density at radius 1 is 1.56 bits per heavy atom. The van der Waals surface area contributed by atoms with E-state index in [0.29, 0.717) is 11.8 Å². The summed E-state index contributed by atoms with van der Waals surface area (Å²) in [5, 5.41) is 13.5. The maximum atomic E-state index is 11.8. The van der Waals surface area contributed by atoms with Crippen LogP contribution in [0, 0.1) is 5.41 Å². The van der Waals surface area contributed by atoms with Crippen molar-refractivity contribution >= 4 is 11.9 Å². The number of rotatable bonds is 3. The van der Waals surface area contributed by atoms with Crippen LogP contribution in [0.15, 0.2) is 12.4 Å². The molecular weight excluding hydrogens is 232 g/mol. The molecule has 0 unspecified atom stereocenters. The highest BCUT2D eigenvalue weighted by Gasteiger charge is 2.45. The Morgan fingerprint density at radius 2 is 2.33 bits per heavy atom. The van der Waals surface area contributed by atoms with E-state index in [0.717, 1.165) is 18.4 Å². The second-order valence-electron chi connectivity index (χ2n) is 4.93. The Labute approximate surface area is 104 Å². The first-order chi connectivity index (χ1) is 8.57. The summed E-state index contributed by atoms with van der Waals surface area (Å²) in [4.78, 5) is 16.0. The van der Waals surface area contributed by atoms with E-state index in [1.165, 1.54) is 0 Å². The van der Waals surface area contributed by atoms with Crippen molar-refractivity contribution in [2.75, 3.05) is 5.32 Å². The average molecular weight is 246 g/mol. The standard InChI is InChI=1S/C11H14N6O/c1-11(3-4-11)9(18)14-10-13-8(15-16-10)7-5-12-17(2)6-7/h5-6H,3-4H2,1-2H3,(H2,13,14,15,16,18). The number of carbonyl (C=O) groups is 1. The van der Waals surface area contributed by atoms with Gasteiger partial charge in [-0.05, 0) is 12.8 Å². The van der Waals surface area contributed by atoms with Gasteiger partial charge in [0, 0.05) is 18.7 Å². The van der Waals surface area contributed by atoms with E-state index in [-0.39, 0.29) is 11.3 Å². The minimum Gasteiger partial charge on any atom is -0.293 e. The van der Waals surface area contributed by atoms with Crippen LogP contribution in [0.1, 0.15) is 19.8 Å². The van der Waals surface area contributed by atoms with Crippen LogP contribution in [-0.4, -0.2) is 30.9 Å². The molecule has 94 valence electrons. The molecule has 2 N–H and O–H groups in total. The summed E-state index contributed by atoms with van der Waals surface area (Å²) in [6.07, 6.45) is 5.38. The fourth-order valence-electron chi connectivity index (χ4n) is 1.66. The SMILES string of the molecule is Cn1cc(-c2nc(NC(=O)C3(C)CC3)n[nH]2)cn1. The quantitative estimate of drug-likeness (QED) is 0.843. The molecule has 0 atom stereocenters. The lowest BCUT2D eigenvalue weighted by molar-refractivity contribution is -0.120. The zero-order valence-corrected chi connectivity index (χ0v) is 10.3. The number of anilines is 1. The van der Waals surface area contributed by atoms with Crippen molar-refractivity contribution < 1.29 is 4.79 Å². The normalized spacial score (nSPS) is 16.6. The Balaban J connectivity index is 1.75. The highest BCUT2D eigenvalue weighted by atomic mass is 16.2. The number of hydrogen-bond donors (Lipinski definition) is 2. The number of aromatic nitrogens is 5. The molecule has 1 saturated carbocycles. The molecule has 0 radical (unpaired) electrons. The van der Waals surface area contributed by atoms with Crippen LogP contribution in [0.2, 0.25) is 0 Å². The van der Waals surface area contributed by atoms with Crippen molar-refractivity contribution in [2.24, 2.45) is 12.5 Å². The minimum absolute atomic E-state index is 0.0146. The molecule has 2 aromatic heterocycles. The van der Waals surface area contributed by atoms with Gasteiger partial charge in [-0.3, -0.25) is 19.9 Å². The van der Waals surface area contributed by atoms with Crippen molar-refractivity contribution in [2.45, 2.75) is 19.8 Å². The summed E-state index contributed by atoms with van der Waals surface area (Å²) in [7, 11) is 1.83. The molecule has 1 fully saturated rings. The average Bonchev–Trinajstić information content (AvgIpc) is 2.78. The van der Waals surface area contributed by atoms with E-state index in [9.17, 15) is 4.79 Å². The minimum atomic E-state index is -0.227. The number of hydrogen-bond acceptors (Lipinski definition) is 4. The third-order valence-corrected chi connectivity index (χ3v) is 3.24. The largest absolute Gasteiger partial charge is 0.293 e. The Morgan fingerprint density at radius 3 is 2.94 bits per heavy atom. The maximum Gasteiger partial charge on any atom is 0.249 e. The summed E-state index contributed by atoms with van der Waals surface area (Å²) in [6, 6.07) is 0. The number of nitrogens with zero attached hydrogens (tertiary/aromatic N) is 4. The van der Waals surface area contributed by atoms with Gasteiger partial charge in [-0.1, -0.05) is 6.92 Å². The molecule has 0 spiro atoms. The molecule has 3 rings (SSSR count). The van der Waals surface area contributed by atoms with Gasteiger partial charge in [0.2, 0.25) is 11.9 Å². The first-order valence-electron chi connectivity index (χ1n) is 5.80. The van der Waals surface area contributed by atoms with Crippen LogP contribution in [-0.2, 0) is 11.8 Å². The van der Waals surface area contributed by atoms with Crippen LogP contribution in [0.25, 0.3) is 11.4 Å². The molecule has 2 aromatic rings. The van der Waals surface area contributed by atoms with Crippen molar-refractivity contribution in [3.63, 3.8) is 0 Å². The van der Waals surface area contributed by atoms with Crippen LogP contribution in [0.4, 0.5) is 5.95 Å². The van der Waals surface area contributed by atoms with E-state index in [1.807, 2.05) is 20.2 Å². The van der Waals surface area contributed by atoms with E-state index >= 15 is 0 Å². The summed E-state index contributed by atoms with van der Waals surface area (Å²) >= 11 is 0. The molecule has 0 aromatic carbocycles. The number of amides is 1. The lowest BCUT2D eigenvalue weighted by Gasteiger charge is -2.05. The molecule has 0 saturated heterocycles. The van der Waals surface area contributed by atoms with Crippen molar-refractivity contribution in [1.29, 1.82) is 0 Å². The van der Waals surface area contributed by atoms with E-state index < -0.39 is 0 Å². The molecule has 0 bridgehead atoms. The Bertz CT molecular complexity index is 594. The lowest BCUT2D eigenvalue weighted by Crippen LogP contribution is -2.22. The van der Waals surface area contributed by atoms with Gasteiger partial charge in [-0.15, -0.1) is 5.10 Å². The Kier molecular flexibility index (Phi) is 2.22. The molecule has 1 aliphatic rings. The number of carbonyl (C=O) groups excluding carboxylic acids is 1. The van der Waals surface area contributed by atoms with Crippen molar-refractivity contribution in [1.82, 2.24) is 25.0 Å². The second kappa shape index (κ2) is 3.66. The van der Waals surface area contributed by atoms with Gasteiger partial charge >= 0.3 is 0 Å². The molecule has 1 aliphatic carbocycles. The number of aryl methyl sites for hydroxylation is 1. The first kappa shape index (κ1) is 10.9. The fourth-order valence-corrected chi connectivity index (χ4v) is 1.66. The van der Waals surface area contributed by atoms with E-state index in [1.54, 1.807) is 10.9 Å². The zero-order chi connectivity index (χ0) is 12.8. The van der Waals surface area contributed by atoms with Gasteiger partial charge in [0.15, 0.2) is 5.82 Å². The monoisotopic (exact) mass is 246 g/mol. The Hall–Kier alpha value is -2.18. The van der Waals surface area contributed by atoms with Crippen molar-refractivity contribution in [3.05, 3.63) is 12.4 Å². The predicted molar refractivity (Wildman–Crippen MR) is 64.6 cm³/mol. The number of H-pyrrole nitrogens is 1. The molecular formula is C11H14N6O. The van der Waals surface area contributed by atoms with E-state index in [4.69, 9.17) is 0 Å². The van der Waals surface area contributed by atoms with Crippen molar-refractivity contribution in [3.8, 4) is 11.4 Å². The molecule has 0 aliphatic heterocycles. The topological polar surface area (TPSA) is 88.5 Å². The number of nitrogens with one attached hydrogen (secondary N) is 2. The summed E-state index contributed by atoms with van der Waals surface area (Å²) < 4.78 is 1.68. The van der Waals surface area contributed by atoms with Gasteiger partial charge in [0.1, 0.15) is 0 Å². The predicted octanol–water partition coefficient (Wildman–Crippen LogP) is 0.944. The highest BCUT2D eigenvalue weighted by molar-refractivity contribution is 5.95. The summed E-state index contributed by atoms with van der Waals surface area (Å²) in [6.45, 7) is 1.94. The van der Waals surface area contributed by atoms with Gasteiger partial charge in [-0.2, -0.15) is 10.1 Å². The van der Waals surface area contributed by atoms with Crippen LogP contribution < -0.4 is 5.32 Å². The molecule has 1 amide bonds. The maximum absolute atomic E-state index is 11.8. The molecule has 18 heavy (non-hydrogen) atoms. The first-order valence-corrected chi connectivity index (χ1v) is 5.80. The van der Waals surface area contributed by atoms with Crippen LogP contribution in [0.3, 0.4) is 0 Å². The highest BCUT2D eigenvalue weighted by Crippen LogP contribution is 2.45. The number of aromatic amines is 1. The molecule has 2 heterocycles. The third-order valence-electron chi connectivity index (χ3n) is 3.24. The zero-order valence-electron chi connectivity index (χ0n) is 10.3. The third kappa shape index (κ3) is 1.87. The second-order valence-corrected chi connectivity index (χ2v) is 4.93. The molecule has 7 nitrogen and oxygen atoms in total. The van der Waals surface area contributed by atoms with E-state index in [2.05, 4.69) is 25.6 Å². The van der Waals surface area contributed by atoms with Gasteiger partial charge in [0.25, 0.3) is 0 Å². The van der Waals surface area contributed by atoms with Crippen LogP contribution in [0.5, 0.6) is 0 Å². The summed E-state index contributed by atoms with van der Waals surface area (Å²) in [5.41, 5.74) is 0.609. The van der Waals surface area contributed by atoms with Gasteiger partial charge < -0.3 is 0 Å². The van der Waals surface area contributed by atoms with Crippen LogP contribution >= 0.6 is 0 Å². The van der Waals surface area contributed by atoms with Gasteiger partial charge in [0.05, 0.1) is 11.8 Å². The summed E-state index contributed by atoms with van der Waals surface area (Å²) in [5.74, 6) is 0.894. The van der Waals surface area contributed by atoms with Gasteiger partial charge in [-0.25, -0.2) is 0 Å². The molecule has 7 heteroatoms. The smallest absolute Gasteiger partial charge is 0.249 e. The fraction of sp³-hybridized carbons (Fsp3) is 0.455. The lowest BCUT2D eigenvalue weighted by atomic mass is 10.1.